The van der Waals surface area contributed by atoms with Crippen molar-refractivity contribution in [2.75, 3.05) is 25.1 Å². The minimum Gasteiger partial charge on any atom is -0.494 e. The normalized spacial score (nSPS) is 10.4. The fraction of sp³-hybridized carbons (Fsp3) is 0.217. The molecule has 162 valence electrons. The quantitative estimate of drug-likeness (QED) is 0.375. The predicted octanol–water partition coefficient (Wildman–Crippen LogP) is 5.77. The molecule has 0 saturated heterocycles. The summed E-state index contributed by atoms with van der Waals surface area (Å²) in [6.45, 7) is 4.28. The lowest BCUT2D eigenvalue weighted by Crippen LogP contribution is -2.21. The molecule has 6 nitrogen and oxygen atoms in total. The molecule has 3 aromatic rings. The number of rotatable bonds is 9. The molecule has 1 amide bonds. The number of hydrogen-bond acceptors (Lipinski definition) is 6. The number of carbonyl (C=O) groups excluding carboxylic acids is 2. The Morgan fingerprint density at radius 1 is 1.00 bits per heavy atom. The topological polar surface area (TPSA) is 73.9 Å². The highest BCUT2D eigenvalue weighted by molar-refractivity contribution is 9.10. The Balaban J connectivity index is 1.79. The molecule has 0 radical (unpaired) electrons. The van der Waals surface area contributed by atoms with Gasteiger partial charge in [-0.2, -0.15) is 0 Å². The van der Waals surface area contributed by atoms with E-state index in [2.05, 4.69) is 21.2 Å². The standard InChI is InChI=1S/C23H22BrNO5S/c1-3-28-17-10-8-15(9-11-17)19-14-31-22(21(19)23(27)29-4-2)25-20(26)13-30-18-7-5-6-16(24)12-18/h5-12,14H,3-4,13H2,1-2H3,(H,25,26). The van der Waals surface area contributed by atoms with Crippen LogP contribution in [-0.4, -0.2) is 31.7 Å². The van der Waals surface area contributed by atoms with Crippen molar-refractivity contribution < 1.29 is 23.8 Å². The Bertz CT molecular complexity index is 1050. The number of carbonyl (C=O) groups is 2. The molecule has 8 heteroatoms. The highest BCUT2D eigenvalue weighted by atomic mass is 79.9. The number of anilines is 1. The zero-order valence-corrected chi connectivity index (χ0v) is 19.5. The molecule has 0 unspecified atom stereocenters. The third-order valence-electron chi connectivity index (χ3n) is 4.17. The summed E-state index contributed by atoms with van der Waals surface area (Å²) in [6.07, 6.45) is 0. The molecular formula is C23H22BrNO5S. The summed E-state index contributed by atoms with van der Waals surface area (Å²) in [4.78, 5) is 25.1. The van der Waals surface area contributed by atoms with Crippen molar-refractivity contribution in [1.82, 2.24) is 0 Å². The molecule has 0 aliphatic carbocycles. The Kier molecular flexibility index (Phi) is 8.08. The first-order chi connectivity index (χ1) is 15.0. The van der Waals surface area contributed by atoms with Crippen molar-refractivity contribution in [1.29, 1.82) is 0 Å². The fourth-order valence-corrected chi connectivity index (χ4v) is 4.19. The Labute approximate surface area is 193 Å². The van der Waals surface area contributed by atoms with Gasteiger partial charge in [0.05, 0.1) is 13.2 Å². The van der Waals surface area contributed by atoms with E-state index in [0.29, 0.717) is 28.5 Å². The lowest BCUT2D eigenvalue weighted by molar-refractivity contribution is -0.118. The molecule has 0 atom stereocenters. The molecule has 0 bridgehead atoms. The minimum absolute atomic E-state index is 0.186. The Morgan fingerprint density at radius 3 is 2.45 bits per heavy atom. The van der Waals surface area contributed by atoms with E-state index in [1.807, 2.05) is 48.7 Å². The van der Waals surface area contributed by atoms with Crippen LogP contribution in [0.4, 0.5) is 5.00 Å². The van der Waals surface area contributed by atoms with Crippen molar-refractivity contribution in [3.05, 3.63) is 63.9 Å². The second kappa shape index (κ2) is 11.0. The highest BCUT2D eigenvalue weighted by Gasteiger charge is 2.23. The van der Waals surface area contributed by atoms with Crippen LogP contribution in [0.2, 0.25) is 0 Å². The third-order valence-corrected chi connectivity index (χ3v) is 5.55. The first-order valence-electron chi connectivity index (χ1n) is 9.71. The number of hydrogen-bond donors (Lipinski definition) is 1. The smallest absolute Gasteiger partial charge is 0.341 e. The maximum absolute atomic E-state index is 12.7. The molecule has 0 aliphatic heterocycles. The summed E-state index contributed by atoms with van der Waals surface area (Å²) < 4.78 is 17.1. The first kappa shape index (κ1) is 22.8. The van der Waals surface area contributed by atoms with Gasteiger partial charge in [-0.05, 0) is 49.7 Å². The monoisotopic (exact) mass is 503 g/mol. The van der Waals surface area contributed by atoms with Crippen molar-refractivity contribution in [3.63, 3.8) is 0 Å². The summed E-state index contributed by atoms with van der Waals surface area (Å²) in [5.74, 6) is 0.454. The molecule has 3 rings (SSSR count). The van der Waals surface area contributed by atoms with Crippen molar-refractivity contribution in [2.24, 2.45) is 0 Å². The van der Waals surface area contributed by atoms with Crippen LogP contribution in [0.15, 0.2) is 58.4 Å². The molecule has 0 aliphatic rings. The van der Waals surface area contributed by atoms with E-state index in [1.165, 1.54) is 11.3 Å². The zero-order valence-electron chi connectivity index (χ0n) is 17.1. The van der Waals surface area contributed by atoms with Gasteiger partial charge in [-0.3, -0.25) is 4.79 Å². The average molecular weight is 504 g/mol. The molecule has 1 heterocycles. The van der Waals surface area contributed by atoms with Crippen LogP contribution in [0.5, 0.6) is 11.5 Å². The lowest BCUT2D eigenvalue weighted by atomic mass is 10.0. The Hall–Kier alpha value is -2.84. The van der Waals surface area contributed by atoms with E-state index in [1.54, 1.807) is 19.1 Å². The van der Waals surface area contributed by atoms with Crippen LogP contribution in [-0.2, 0) is 9.53 Å². The summed E-state index contributed by atoms with van der Waals surface area (Å²) in [7, 11) is 0. The van der Waals surface area contributed by atoms with E-state index in [0.717, 1.165) is 15.8 Å². The summed E-state index contributed by atoms with van der Waals surface area (Å²) in [6, 6.07) is 14.6. The van der Waals surface area contributed by atoms with Crippen LogP contribution in [0.1, 0.15) is 24.2 Å². The van der Waals surface area contributed by atoms with Gasteiger partial charge < -0.3 is 19.5 Å². The van der Waals surface area contributed by atoms with Gasteiger partial charge in [-0.1, -0.05) is 34.1 Å². The molecule has 2 aromatic carbocycles. The summed E-state index contributed by atoms with van der Waals surface area (Å²) >= 11 is 4.63. The van der Waals surface area contributed by atoms with Crippen molar-refractivity contribution in [3.8, 4) is 22.6 Å². The van der Waals surface area contributed by atoms with Crippen LogP contribution in [0.25, 0.3) is 11.1 Å². The number of halogens is 1. The summed E-state index contributed by atoms with van der Waals surface area (Å²) in [5.41, 5.74) is 1.84. The van der Waals surface area contributed by atoms with Gasteiger partial charge >= 0.3 is 5.97 Å². The summed E-state index contributed by atoms with van der Waals surface area (Å²) in [5, 5.41) is 5.02. The van der Waals surface area contributed by atoms with E-state index in [-0.39, 0.29) is 19.1 Å². The molecule has 31 heavy (non-hydrogen) atoms. The zero-order chi connectivity index (χ0) is 22.2. The van der Waals surface area contributed by atoms with E-state index in [4.69, 9.17) is 14.2 Å². The SMILES string of the molecule is CCOC(=O)c1c(-c2ccc(OCC)cc2)csc1NC(=O)COc1cccc(Br)c1. The van der Waals surface area contributed by atoms with Gasteiger partial charge in [-0.15, -0.1) is 11.3 Å². The van der Waals surface area contributed by atoms with Gasteiger partial charge in [0, 0.05) is 15.4 Å². The fourth-order valence-electron chi connectivity index (χ4n) is 2.83. The third kappa shape index (κ3) is 6.08. The number of esters is 1. The van der Waals surface area contributed by atoms with E-state index in [9.17, 15) is 9.59 Å². The first-order valence-corrected chi connectivity index (χ1v) is 11.4. The number of amides is 1. The maximum atomic E-state index is 12.7. The molecular weight excluding hydrogens is 482 g/mol. The molecule has 1 N–H and O–H groups in total. The van der Waals surface area contributed by atoms with Crippen LogP contribution >= 0.6 is 27.3 Å². The lowest BCUT2D eigenvalue weighted by Gasteiger charge is -2.10. The largest absolute Gasteiger partial charge is 0.494 e. The van der Waals surface area contributed by atoms with Gasteiger partial charge in [0.2, 0.25) is 0 Å². The maximum Gasteiger partial charge on any atom is 0.341 e. The van der Waals surface area contributed by atoms with E-state index < -0.39 is 5.97 Å². The number of benzene rings is 2. The second-order valence-electron chi connectivity index (χ2n) is 6.33. The minimum atomic E-state index is -0.490. The number of nitrogens with one attached hydrogen (secondary N) is 1. The number of thiophene rings is 1. The van der Waals surface area contributed by atoms with Crippen LogP contribution in [0, 0.1) is 0 Å². The second-order valence-corrected chi connectivity index (χ2v) is 8.12. The molecule has 0 fully saturated rings. The molecule has 0 saturated carbocycles. The van der Waals surface area contributed by atoms with Crippen LogP contribution in [0.3, 0.4) is 0 Å². The van der Waals surface area contributed by atoms with Gasteiger partial charge in [0.25, 0.3) is 5.91 Å². The van der Waals surface area contributed by atoms with Gasteiger partial charge in [0.1, 0.15) is 22.1 Å². The van der Waals surface area contributed by atoms with Crippen LogP contribution < -0.4 is 14.8 Å². The van der Waals surface area contributed by atoms with E-state index >= 15 is 0 Å². The average Bonchev–Trinajstić information content (AvgIpc) is 3.17. The molecule has 1 aromatic heterocycles. The van der Waals surface area contributed by atoms with Gasteiger partial charge in [-0.25, -0.2) is 4.79 Å². The predicted molar refractivity (Wildman–Crippen MR) is 125 cm³/mol. The number of ether oxygens (including phenoxy) is 3. The highest BCUT2D eigenvalue weighted by Crippen LogP contribution is 2.37. The Morgan fingerprint density at radius 2 is 1.77 bits per heavy atom. The molecule has 0 spiro atoms. The van der Waals surface area contributed by atoms with Crippen molar-refractivity contribution >= 4 is 44.1 Å². The van der Waals surface area contributed by atoms with Crippen molar-refractivity contribution in [2.45, 2.75) is 13.8 Å². The van der Waals surface area contributed by atoms with Gasteiger partial charge in [0.15, 0.2) is 6.61 Å².